The van der Waals surface area contributed by atoms with Gasteiger partial charge < -0.3 is 9.72 Å². The number of halogens is 3. The van der Waals surface area contributed by atoms with Gasteiger partial charge in [-0.1, -0.05) is 12.7 Å². The fourth-order valence-corrected chi connectivity index (χ4v) is 2.52. The normalized spacial score (nSPS) is 10.3. The summed E-state index contributed by atoms with van der Waals surface area (Å²) >= 11 is 3.82. The molecule has 7 heteroatoms. The predicted molar refractivity (Wildman–Crippen MR) is 106 cm³/mol. The molecule has 3 aromatic rings. The molecule has 0 aliphatic carbocycles. The molecule has 0 bridgehead atoms. The second-order valence-corrected chi connectivity index (χ2v) is 5.28. The molecule has 0 saturated carbocycles. The molecule has 3 rings (SSSR count). The van der Waals surface area contributed by atoms with E-state index in [1.165, 1.54) is 24.3 Å². The zero-order valence-electron chi connectivity index (χ0n) is 12.3. The highest BCUT2D eigenvalue weighted by atomic mass is 127. The van der Waals surface area contributed by atoms with Gasteiger partial charge in [-0.25, -0.2) is 8.78 Å². The lowest BCUT2D eigenvalue weighted by atomic mass is 10.1. The molecule has 2 aromatic carbocycles. The Hall–Kier alpha value is -1.87. The number of H-pyrrole nitrogens is 1. The van der Waals surface area contributed by atoms with Crippen molar-refractivity contribution in [1.82, 2.24) is 4.98 Å². The smallest absolute Gasteiger partial charge is 0.170 e. The van der Waals surface area contributed by atoms with E-state index in [1.807, 2.05) is 0 Å². The molecule has 0 spiro atoms. The van der Waals surface area contributed by atoms with E-state index in [1.54, 1.807) is 12.3 Å². The minimum atomic E-state index is -0.595. The largest absolute Gasteiger partial charge is 0.454 e. The fourth-order valence-electron chi connectivity index (χ4n) is 2.35. The van der Waals surface area contributed by atoms with Crippen molar-refractivity contribution in [2.24, 2.45) is 0 Å². The first-order chi connectivity index (χ1) is 11.0. The number of aromatic amines is 1. The summed E-state index contributed by atoms with van der Waals surface area (Å²) in [7, 11) is 0. The average molecular weight is 458 g/mol. The Morgan fingerprint density at radius 3 is 2.62 bits per heavy atom. The highest BCUT2D eigenvalue weighted by Crippen LogP contribution is 2.35. The number of rotatable bonds is 4. The van der Waals surface area contributed by atoms with Crippen LogP contribution in [-0.2, 0) is 0 Å². The Bertz CT molecular complexity index is 940. The zero-order chi connectivity index (χ0) is 16.6. The Morgan fingerprint density at radius 1 is 1.21 bits per heavy atom. The van der Waals surface area contributed by atoms with Gasteiger partial charge in [-0.15, -0.1) is 36.6 Å². The lowest BCUT2D eigenvalue weighted by molar-refractivity contribution is 0.441. The third-order valence-electron chi connectivity index (χ3n) is 3.42. The van der Waals surface area contributed by atoms with Gasteiger partial charge in [-0.2, -0.15) is 0 Å². The number of aromatic nitrogens is 1. The monoisotopic (exact) mass is 458 g/mol. The quantitative estimate of drug-likeness (QED) is 0.198. The number of hydrogen-bond acceptors (Lipinski definition) is 2. The predicted octanol–water partition coefficient (Wildman–Crippen LogP) is 5.75. The Morgan fingerprint density at radius 2 is 1.96 bits per heavy atom. The number of nitrogens with one attached hydrogen (secondary N) is 2. The summed E-state index contributed by atoms with van der Waals surface area (Å²) in [6.07, 6.45) is 3.19. The lowest BCUT2D eigenvalue weighted by Crippen LogP contribution is -1.97. The van der Waals surface area contributed by atoms with Gasteiger partial charge >= 0.3 is 0 Å². The molecule has 0 fully saturated rings. The maximum Gasteiger partial charge on any atom is 0.170 e. The molecule has 2 N–H and O–H groups in total. The van der Waals surface area contributed by atoms with Crippen molar-refractivity contribution in [2.75, 3.05) is 0 Å². The molecule has 0 aliphatic rings. The van der Waals surface area contributed by atoms with Gasteiger partial charge in [0, 0.05) is 34.3 Å². The Balaban J connectivity index is 0.00000208. The van der Waals surface area contributed by atoms with Crippen molar-refractivity contribution in [2.45, 2.75) is 0 Å². The molecule has 1 aromatic heterocycles. The van der Waals surface area contributed by atoms with Crippen LogP contribution in [0.4, 0.5) is 8.78 Å². The summed E-state index contributed by atoms with van der Waals surface area (Å²) in [5.41, 5.74) is 1.10. The van der Waals surface area contributed by atoms with E-state index in [0.717, 1.165) is 11.5 Å². The van der Waals surface area contributed by atoms with Crippen molar-refractivity contribution in [1.29, 1.82) is 5.41 Å². The van der Waals surface area contributed by atoms with Gasteiger partial charge in [0.2, 0.25) is 0 Å². The number of ether oxygens (including phenoxy) is 1. The van der Waals surface area contributed by atoms with Crippen molar-refractivity contribution in [3.05, 3.63) is 65.9 Å². The molecule has 0 unspecified atom stereocenters. The minimum Gasteiger partial charge on any atom is -0.454 e. The maximum atomic E-state index is 14.3. The van der Waals surface area contributed by atoms with Gasteiger partial charge in [-0.05, 0) is 24.3 Å². The molecule has 0 aliphatic heterocycles. The first kappa shape index (κ1) is 18.5. The van der Waals surface area contributed by atoms with Crippen LogP contribution in [0.3, 0.4) is 0 Å². The van der Waals surface area contributed by atoms with Crippen molar-refractivity contribution >= 4 is 58.6 Å². The number of fused-ring (bicyclic) bond motifs is 1. The van der Waals surface area contributed by atoms with Crippen LogP contribution in [0, 0.1) is 17.0 Å². The lowest BCUT2D eigenvalue weighted by Gasteiger charge is -2.12. The van der Waals surface area contributed by atoms with Gasteiger partial charge in [0.1, 0.15) is 11.6 Å². The van der Waals surface area contributed by atoms with Gasteiger partial charge in [0.15, 0.2) is 11.6 Å². The SMILES string of the molecule is C=Cc1c(Oc2ccc(F)c(C(=N)S)c2)c(F)cc2[nH]ccc12.I. The zero-order valence-corrected chi connectivity index (χ0v) is 15.5. The third kappa shape index (κ3) is 3.32. The molecule has 24 heavy (non-hydrogen) atoms. The van der Waals surface area contributed by atoms with E-state index in [0.29, 0.717) is 11.1 Å². The van der Waals surface area contributed by atoms with Crippen LogP contribution in [0.15, 0.2) is 43.1 Å². The number of benzene rings is 2. The van der Waals surface area contributed by atoms with E-state index in [-0.39, 0.29) is 46.1 Å². The molecular weight excluding hydrogens is 445 g/mol. The average Bonchev–Trinajstić information content (AvgIpc) is 2.97. The molecule has 0 radical (unpaired) electrons. The molecule has 1 heterocycles. The molecule has 3 nitrogen and oxygen atoms in total. The first-order valence-corrected chi connectivity index (χ1v) is 7.13. The topological polar surface area (TPSA) is 48.9 Å². The minimum absolute atomic E-state index is 0. The van der Waals surface area contributed by atoms with Crippen LogP contribution in [0.5, 0.6) is 11.5 Å². The van der Waals surface area contributed by atoms with Crippen LogP contribution in [-0.4, -0.2) is 10.0 Å². The second kappa shape index (κ2) is 7.35. The van der Waals surface area contributed by atoms with Crippen molar-refractivity contribution < 1.29 is 13.5 Å². The van der Waals surface area contributed by atoms with Crippen molar-refractivity contribution in [3.63, 3.8) is 0 Å². The van der Waals surface area contributed by atoms with Crippen LogP contribution in [0.25, 0.3) is 17.0 Å². The highest BCUT2D eigenvalue weighted by molar-refractivity contribution is 14.0. The van der Waals surface area contributed by atoms with E-state index < -0.39 is 11.6 Å². The van der Waals surface area contributed by atoms with Crippen LogP contribution in [0.1, 0.15) is 11.1 Å². The molecule has 124 valence electrons. The molecular formula is C17H13F2IN2OS. The Labute approximate surface area is 159 Å². The summed E-state index contributed by atoms with van der Waals surface area (Å²) < 4.78 is 33.6. The first-order valence-electron chi connectivity index (χ1n) is 6.68. The van der Waals surface area contributed by atoms with E-state index in [2.05, 4.69) is 24.2 Å². The summed E-state index contributed by atoms with van der Waals surface area (Å²) in [5, 5.41) is 7.96. The standard InChI is InChI=1S/C17H12F2N2OS.HI/c1-2-10-11-5-6-21-15(11)8-14(19)16(10)22-9-3-4-13(18)12(7-9)17(20)23;/h2-8,21H,1H2,(H2,20,23);1H. The third-order valence-corrected chi connectivity index (χ3v) is 3.66. The molecule has 0 amide bonds. The van der Waals surface area contributed by atoms with Gasteiger partial charge in [-0.3, -0.25) is 5.41 Å². The Kier molecular flexibility index (Phi) is 5.66. The van der Waals surface area contributed by atoms with Gasteiger partial charge in [0.05, 0.1) is 5.04 Å². The molecule has 0 saturated heterocycles. The number of thiol groups is 1. The van der Waals surface area contributed by atoms with E-state index in [4.69, 9.17) is 10.1 Å². The van der Waals surface area contributed by atoms with Crippen LogP contribution >= 0.6 is 36.6 Å². The van der Waals surface area contributed by atoms with Gasteiger partial charge in [0.25, 0.3) is 0 Å². The van der Waals surface area contributed by atoms with Crippen LogP contribution < -0.4 is 4.74 Å². The van der Waals surface area contributed by atoms with E-state index >= 15 is 0 Å². The summed E-state index contributed by atoms with van der Waals surface area (Å²) in [4.78, 5) is 2.93. The maximum absolute atomic E-state index is 14.3. The fraction of sp³-hybridized carbons (Fsp3) is 0. The summed E-state index contributed by atoms with van der Waals surface area (Å²) in [5.74, 6) is -0.961. The van der Waals surface area contributed by atoms with Crippen LogP contribution in [0.2, 0.25) is 0 Å². The summed E-state index contributed by atoms with van der Waals surface area (Å²) in [6, 6.07) is 6.93. The highest BCUT2D eigenvalue weighted by Gasteiger charge is 2.16. The number of hydrogen-bond donors (Lipinski definition) is 3. The second-order valence-electron chi connectivity index (χ2n) is 4.84. The molecule has 0 atom stereocenters. The van der Waals surface area contributed by atoms with E-state index in [9.17, 15) is 8.78 Å². The summed E-state index contributed by atoms with van der Waals surface area (Å²) in [6.45, 7) is 3.70. The van der Waals surface area contributed by atoms with Crippen molar-refractivity contribution in [3.8, 4) is 11.5 Å².